The zero-order valence-corrected chi connectivity index (χ0v) is 15.0. The number of halogens is 1. The van der Waals surface area contributed by atoms with Gasteiger partial charge in [-0.2, -0.15) is 0 Å². The van der Waals surface area contributed by atoms with Gasteiger partial charge in [-0.3, -0.25) is 9.59 Å². The molecule has 1 aromatic carbocycles. The maximum Gasteiger partial charge on any atom is 0.268 e. The Bertz CT molecular complexity index is 933. The van der Waals surface area contributed by atoms with Crippen LogP contribution in [0.15, 0.2) is 24.3 Å². The molecule has 0 bridgehead atoms. The Hall–Kier alpha value is -2.67. The Balaban J connectivity index is 1.70. The second kappa shape index (κ2) is 7.15. The van der Waals surface area contributed by atoms with Crippen LogP contribution in [0.25, 0.3) is 16.5 Å². The first-order valence-corrected chi connectivity index (χ1v) is 9.39. The van der Waals surface area contributed by atoms with Gasteiger partial charge < -0.3 is 21.4 Å². The van der Waals surface area contributed by atoms with Gasteiger partial charge >= 0.3 is 0 Å². The molecule has 0 unspecified atom stereocenters. The SMILES string of the molecule is N[C@H]1CCCC[C@H]1NC(=O)/C=C1\CCNC(=O)c2[nH]c3ccc(F)cc3c21. The smallest absolute Gasteiger partial charge is 0.268 e. The largest absolute Gasteiger partial charge is 0.350 e. The van der Waals surface area contributed by atoms with E-state index in [4.69, 9.17) is 5.73 Å². The highest BCUT2D eigenvalue weighted by molar-refractivity contribution is 6.10. The molecule has 1 aliphatic carbocycles. The van der Waals surface area contributed by atoms with E-state index < -0.39 is 0 Å². The molecule has 2 heterocycles. The summed E-state index contributed by atoms with van der Waals surface area (Å²) in [5.41, 5.74) is 8.46. The molecule has 1 saturated carbocycles. The highest BCUT2D eigenvalue weighted by atomic mass is 19.1. The molecular weight excluding hydrogens is 347 g/mol. The van der Waals surface area contributed by atoms with Gasteiger partial charge in [0.25, 0.3) is 5.91 Å². The summed E-state index contributed by atoms with van der Waals surface area (Å²) < 4.78 is 13.8. The minimum Gasteiger partial charge on any atom is -0.350 e. The lowest BCUT2D eigenvalue weighted by Crippen LogP contribution is -2.48. The number of H-pyrrole nitrogens is 1. The molecule has 1 aliphatic heterocycles. The van der Waals surface area contributed by atoms with Gasteiger partial charge in [0.15, 0.2) is 0 Å². The first-order chi connectivity index (χ1) is 13.0. The monoisotopic (exact) mass is 370 g/mol. The number of hydrogen-bond donors (Lipinski definition) is 4. The Kier molecular flexibility index (Phi) is 4.70. The van der Waals surface area contributed by atoms with Gasteiger partial charge in [0.2, 0.25) is 5.91 Å². The summed E-state index contributed by atoms with van der Waals surface area (Å²) in [5, 5.41) is 6.42. The Labute approximate surface area is 156 Å². The quantitative estimate of drug-likeness (QED) is 0.610. The second-order valence-electron chi connectivity index (χ2n) is 7.30. The highest BCUT2D eigenvalue weighted by Gasteiger charge is 2.26. The molecule has 4 rings (SSSR count). The topological polar surface area (TPSA) is 100 Å². The molecule has 6 nitrogen and oxygen atoms in total. The van der Waals surface area contributed by atoms with Gasteiger partial charge in [-0.15, -0.1) is 0 Å². The van der Waals surface area contributed by atoms with Crippen LogP contribution in [0.3, 0.4) is 0 Å². The predicted molar refractivity (Wildman–Crippen MR) is 102 cm³/mol. The third-order valence-corrected chi connectivity index (χ3v) is 5.44. The summed E-state index contributed by atoms with van der Waals surface area (Å²) in [4.78, 5) is 28.0. The average molecular weight is 370 g/mol. The zero-order valence-electron chi connectivity index (χ0n) is 15.0. The van der Waals surface area contributed by atoms with E-state index in [1.807, 2.05) is 0 Å². The predicted octanol–water partition coefficient (Wildman–Crippen LogP) is 2.21. The number of nitrogens with two attached hydrogens (primary N) is 1. The molecule has 7 heteroatoms. The summed E-state index contributed by atoms with van der Waals surface area (Å²) in [6.07, 6.45) is 5.95. The van der Waals surface area contributed by atoms with Gasteiger partial charge in [0, 0.05) is 41.2 Å². The van der Waals surface area contributed by atoms with Crippen LogP contribution >= 0.6 is 0 Å². The van der Waals surface area contributed by atoms with Crippen molar-refractivity contribution in [2.45, 2.75) is 44.2 Å². The van der Waals surface area contributed by atoms with Crippen molar-refractivity contribution in [2.24, 2.45) is 5.73 Å². The number of aromatic nitrogens is 1. The van der Waals surface area contributed by atoms with Gasteiger partial charge in [0.1, 0.15) is 11.5 Å². The molecule has 0 radical (unpaired) electrons. The molecule has 5 N–H and O–H groups in total. The van der Waals surface area contributed by atoms with Crippen molar-refractivity contribution in [3.63, 3.8) is 0 Å². The average Bonchev–Trinajstić information content (AvgIpc) is 2.94. The van der Waals surface area contributed by atoms with Crippen molar-refractivity contribution in [2.75, 3.05) is 6.54 Å². The number of rotatable bonds is 2. The summed E-state index contributed by atoms with van der Waals surface area (Å²) in [7, 11) is 0. The van der Waals surface area contributed by atoms with Crippen LogP contribution in [0.2, 0.25) is 0 Å². The lowest BCUT2D eigenvalue weighted by atomic mass is 9.91. The Morgan fingerprint density at radius 3 is 2.93 bits per heavy atom. The van der Waals surface area contributed by atoms with Crippen LogP contribution < -0.4 is 16.4 Å². The van der Waals surface area contributed by atoms with E-state index in [1.54, 1.807) is 6.07 Å². The summed E-state index contributed by atoms with van der Waals surface area (Å²) in [5.74, 6) is -0.857. The minimum atomic E-state index is -0.383. The minimum absolute atomic E-state index is 0.0313. The normalized spacial score (nSPS) is 24.4. The fourth-order valence-corrected chi connectivity index (χ4v) is 4.06. The number of amides is 2. The van der Waals surface area contributed by atoms with Crippen molar-refractivity contribution in [3.8, 4) is 0 Å². The number of hydrogen-bond acceptors (Lipinski definition) is 3. The molecule has 2 atom stereocenters. The van der Waals surface area contributed by atoms with Crippen LogP contribution in [0, 0.1) is 5.82 Å². The maximum atomic E-state index is 13.8. The fraction of sp³-hybridized carbons (Fsp3) is 0.400. The third-order valence-electron chi connectivity index (χ3n) is 5.44. The first kappa shape index (κ1) is 17.7. The lowest BCUT2D eigenvalue weighted by molar-refractivity contribution is -0.117. The van der Waals surface area contributed by atoms with Gasteiger partial charge in [0.05, 0.1) is 0 Å². The van der Waals surface area contributed by atoms with Crippen LogP contribution in [-0.2, 0) is 4.79 Å². The number of carbonyl (C=O) groups excluding carboxylic acids is 2. The number of aromatic amines is 1. The molecular formula is C20H23FN4O2. The molecule has 27 heavy (non-hydrogen) atoms. The van der Waals surface area contributed by atoms with Crippen molar-refractivity contribution < 1.29 is 14.0 Å². The molecule has 0 spiro atoms. The van der Waals surface area contributed by atoms with Gasteiger partial charge in [-0.1, -0.05) is 12.8 Å². The molecule has 1 aromatic heterocycles. The van der Waals surface area contributed by atoms with E-state index in [2.05, 4.69) is 15.6 Å². The summed E-state index contributed by atoms with van der Waals surface area (Å²) >= 11 is 0. The number of fused-ring (bicyclic) bond motifs is 3. The van der Waals surface area contributed by atoms with Crippen molar-refractivity contribution >= 4 is 28.3 Å². The Morgan fingerprint density at radius 1 is 1.30 bits per heavy atom. The van der Waals surface area contributed by atoms with E-state index in [-0.39, 0.29) is 29.7 Å². The van der Waals surface area contributed by atoms with E-state index in [0.717, 1.165) is 25.7 Å². The highest BCUT2D eigenvalue weighted by Crippen LogP contribution is 2.33. The number of carbonyl (C=O) groups is 2. The molecule has 2 aromatic rings. The number of nitrogens with one attached hydrogen (secondary N) is 3. The van der Waals surface area contributed by atoms with E-state index in [1.165, 1.54) is 18.2 Å². The fourth-order valence-electron chi connectivity index (χ4n) is 4.06. The molecule has 2 amide bonds. The maximum absolute atomic E-state index is 13.8. The Morgan fingerprint density at radius 2 is 2.11 bits per heavy atom. The van der Waals surface area contributed by atoms with Gasteiger partial charge in [-0.05, 0) is 43.0 Å². The summed E-state index contributed by atoms with van der Waals surface area (Å²) in [6.45, 7) is 0.417. The van der Waals surface area contributed by atoms with Crippen molar-refractivity contribution in [1.29, 1.82) is 0 Å². The molecule has 0 saturated heterocycles. The molecule has 142 valence electrons. The van der Waals surface area contributed by atoms with E-state index >= 15 is 0 Å². The zero-order chi connectivity index (χ0) is 19.0. The lowest BCUT2D eigenvalue weighted by Gasteiger charge is -2.28. The van der Waals surface area contributed by atoms with E-state index in [0.29, 0.717) is 40.7 Å². The van der Waals surface area contributed by atoms with Crippen LogP contribution in [0.4, 0.5) is 4.39 Å². The van der Waals surface area contributed by atoms with Crippen LogP contribution in [-0.4, -0.2) is 35.4 Å². The van der Waals surface area contributed by atoms with Gasteiger partial charge in [-0.25, -0.2) is 4.39 Å². The molecule has 2 aliphatic rings. The third kappa shape index (κ3) is 3.47. The first-order valence-electron chi connectivity index (χ1n) is 9.39. The van der Waals surface area contributed by atoms with Crippen molar-refractivity contribution in [1.82, 2.24) is 15.6 Å². The van der Waals surface area contributed by atoms with Crippen LogP contribution in [0.5, 0.6) is 0 Å². The van der Waals surface area contributed by atoms with Crippen LogP contribution in [0.1, 0.15) is 48.2 Å². The van der Waals surface area contributed by atoms with Crippen molar-refractivity contribution in [3.05, 3.63) is 41.3 Å². The summed E-state index contributed by atoms with van der Waals surface area (Å²) in [6, 6.07) is 4.28. The van der Waals surface area contributed by atoms with E-state index in [9.17, 15) is 14.0 Å². The second-order valence-corrected chi connectivity index (χ2v) is 7.30. The molecule has 1 fully saturated rings. The standard InChI is InChI=1S/C20H23FN4O2/c21-12-5-6-15-13(10-12)18-11(7-8-23-20(27)19(18)25-15)9-17(26)24-16-4-2-1-3-14(16)22/h5-6,9-10,14,16,25H,1-4,7-8,22H2,(H,23,27)(H,24,26)/b11-9+/t14-,16+/m0/s1. The number of benzene rings is 1.